The van der Waals surface area contributed by atoms with E-state index in [1.54, 1.807) is 36.5 Å². The molecule has 1 aliphatic rings. The molecule has 0 radical (unpaired) electrons. The van der Waals surface area contributed by atoms with Crippen molar-refractivity contribution in [1.82, 2.24) is 9.97 Å². The van der Waals surface area contributed by atoms with Crippen LogP contribution in [0.2, 0.25) is 5.02 Å². The van der Waals surface area contributed by atoms with E-state index in [0.29, 0.717) is 34.5 Å². The van der Waals surface area contributed by atoms with E-state index in [2.05, 4.69) is 14.7 Å². The maximum absolute atomic E-state index is 15.3. The average molecular weight is 516 g/mol. The van der Waals surface area contributed by atoms with Crippen LogP contribution >= 0.6 is 11.6 Å². The number of aromatic amines is 1. The SMILES string of the molecule is O=C(c1c(F)ccc(NS(=O)(=O)C2CCCC2)c1F)c1c[nH]c2ncc(-c3ccc(Cl)cc3)cc12. The van der Waals surface area contributed by atoms with Crippen molar-refractivity contribution in [3.8, 4) is 11.1 Å². The van der Waals surface area contributed by atoms with Gasteiger partial charge in [0.05, 0.1) is 16.5 Å². The lowest BCUT2D eigenvalue weighted by molar-refractivity contribution is 0.103. The van der Waals surface area contributed by atoms with Gasteiger partial charge in [0.1, 0.15) is 11.5 Å². The van der Waals surface area contributed by atoms with Crippen molar-refractivity contribution < 1.29 is 22.0 Å². The number of halogens is 3. The molecule has 0 saturated heterocycles. The molecule has 1 aliphatic carbocycles. The molecule has 1 fully saturated rings. The summed E-state index contributed by atoms with van der Waals surface area (Å²) in [4.78, 5) is 20.5. The summed E-state index contributed by atoms with van der Waals surface area (Å²) < 4.78 is 57.6. The summed E-state index contributed by atoms with van der Waals surface area (Å²) >= 11 is 5.95. The van der Waals surface area contributed by atoms with Gasteiger partial charge in [-0.25, -0.2) is 22.2 Å². The van der Waals surface area contributed by atoms with Crippen LogP contribution in [0, 0.1) is 11.6 Å². The van der Waals surface area contributed by atoms with Crippen LogP contribution in [0.25, 0.3) is 22.2 Å². The van der Waals surface area contributed by atoms with Crippen LogP contribution in [0.5, 0.6) is 0 Å². The molecule has 0 amide bonds. The Morgan fingerprint density at radius 3 is 2.49 bits per heavy atom. The topological polar surface area (TPSA) is 91.9 Å². The van der Waals surface area contributed by atoms with Crippen molar-refractivity contribution in [3.05, 3.63) is 82.6 Å². The molecule has 2 N–H and O–H groups in total. The second-order valence-corrected chi connectivity index (χ2v) is 10.9. The summed E-state index contributed by atoms with van der Waals surface area (Å²) in [6.45, 7) is 0. The zero-order chi connectivity index (χ0) is 24.7. The van der Waals surface area contributed by atoms with Gasteiger partial charge >= 0.3 is 0 Å². The van der Waals surface area contributed by atoms with E-state index in [1.807, 2.05) is 0 Å². The van der Waals surface area contributed by atoms with E-state index in [0.717, 1.165) is 30.5 Å². The van der Waals surface area contributed by atoms with Gasteiger partial charge in [-0.3, -0.25) is 9.52 Å². The highest BCUT2D eigenvalue weighted by atomic mass is 35.5. The maximum Gasteiger partial charge on any atom is 0.235 e. The van der Waals surface area contributed by atoms with E-state index in [-0.39, 0.29) is 5.56 Å². The number of rotatable bonds is 6. The molecular weight excluding hydrogens is 496 g/mol. The van der Waals surface area contributed by atoms with E-state index in [1.165, 1.54) is 6.20 Å². The largest absolute Gasteiger partial charge is 0.345 e. The highest BCUT2D eigenvalue weighted by molar-refractivity contribution is 7.93. The molecule has 10 heteroatoms. The Kier molecular flexibility index (Phi) is 6.06. The fourth-order valence-electron chi connectivity index (χ4n) is 4.40. The molecule has 0 spiro atoms. The minimum Gasteiger partial charge on any atom is -0.345 e. The molecule has 2 aromatic heterocycles. The van der Waals surface area contributed by atoms with Crippen molar-refractivity contribution in [3.63, 3.8) is 0 Å². The Labute approximate surface area is 205 Å². The summed E-state index contributed by atoms with van der Waals surface area (Å²) in [5, 5.41) is 0.296. The van der Waals surface area contributed by atoms with Crippen molar-refractivity contribution >= 4 is 44.1 Å². The van der Waals surface area contributed by atoms with Gasteiger partial charge in [-0.05, 0) is 48.7 Å². The lowest BCUT2D eigenvalue weighted by atomic mass is 10.00. The number of nitrogens with one attached hydrogen (secondary N) is 2. The number of sulfonamides is 1. The molecule has 6 nitrogen and oxygen atoms in total. The van der Waals surface area contributed by atoms with E-state index in [4.69, 9.17) is 11.6 Å². The summed E-state index contributed by atoms with van der Waals surface area (Å²) in [6, 6.07) is 10.6. The molecule has 0 atom stereocenters. The standard InChI is InChI=1S/C25H20ClF2N3O3S/c26-16-7-5-14(6-8-16)15-11-18-19(13-30-25(18)29-12-15)24(32)22-20(27)9-10-21(23(22)28)31-35(33,34)17-3-1-2-4-17/h5-13,17,31H,1-4H2,(H,29,30). The number of hydrogen-bond donors (Lipinski definition) is 2. The lowest BCUT2D eigenvalue weighted by Crippen LogP contribution is -2.26. The number of benzene rings is 2. The summed E-state index contributed by atoms with van der Waals surface area (Å²) in [7, 11) is -3.87. The number of H-pyrrole nitrogens is 1. The molecule has 2 heterocycles. The van der Waals surface area contributed by atoms with E-state index in [9.17, 15) is 17.6 Å². The van der Waals surface area contributed by atoms with Crippen LogP contribution in [0.15, 0.2) is 54.9 Å². The highest BCUT2D eigenvalue weighted by Crippen LogP contribution is 2.31. The smallest absolute Gasteiger partial charge is 0.235 e. The molecule has 5 rings (SSSR count). The minimum atomic E-state index is -3.87. The molecule has 0 aliphatic heterocycles. The summed E-state index contributed by atoms with van der Waals surface area (Å²) in [6.07, 6.45) is 5.43. The van der Waals surface area contributed by atoms with Crippen molar-refractivity contribution in [2.45, 2.75) is 30.9 Å². The fraction of sp³-hybridized carbons (Fsp3) is 0.200. The monoisotopic (exact) mass is 515 g/mol. The number of aromatic nitrogens is 2. The van der Waals surface area contributed by atoms with Crippen molar-refractivity contribution in [1.29, 1.82) is 0 Å². The first-order chi connectivity index (χ1) is 16.7. The van der Waals surface area contributed by atoms with Crippen LogP contribution in [-0.4, -0.2) is 29.4 Å². The van der Waals surface area contributed by atoms with Crippen LogP contribution < -0.4 is 4.72 Å². The highest BCUT2D eigenvalue weighted by Gasteiger charge is 2.31. The zero-order valence-electron chi connectivity index (χ0n) is 18.3. The first kappa shape index (κ1) is 23.4. The number of anilines is 1. The van der Waals surface area contributed by atoms with Gasteiger partial charge in [0, 0.05) is 33.9 Å². The van der Waals surface area contributed by atoms with Gasteiger partial charge in [0.2, 0.25) is 15.8 Å². The first-order valence-corrected chi connectivity index (χ1v) is 12.9. The molecule has 4 aromatic rings. The fourth-order valence-corrected chi connectivity index (χ4v) is 6.11. The van der Waals surface area contributed by atoms with Crippen molar-refractivity contribution in [2.75, 3.05) is 4.72 Å². The van der Waals surface area contributed by atoms with Crippen LogP contribution in [0.1, 0.15) is 41.6 Å². The number of fused-ring (bicyclic) bond motifs is 1. The molecule has 0 bridgehead atoms. The average Bonchev–Trinajstić information content (AvgIpc) is 3.52. The Bertz CT molecular complexity index is 1550. The number of carbonyl (C=O) groups is 1. The second-order valence-electron chi connectivity index (χ2n) is 8.50. The summed E-state index contributed by atoms with van der Waals surface area (Å²) in [5.41, 5.74) is 0.559. The van der Waals surface area contributed by atoms with Gasteiger partial charge < -0.3 is 4.98 Å². The Morgan fingerprint density at radius 2 is 1.77 bits per heavy atom. The van der Waals surface area contributed by atoms with Gasteiger partial charge in [0.25, 0.3) is 0 Å². The predicted octanol–water partition coefficient (Wildman–Crippen LogP) is 6.08. The minimum absolute atomic E-state index is 0.0110. The molecule has 35 heavy (non-hydrogen) atoms. The quantitative estimate of drug-likeness (QED) is 0.304. The Morgan fingerprint density at radius 1 is 1.06 bits per heavy atom. The zero-order valence-corrected chi connectivity index (χ0v) is 19.9. The molecule has 2 aromatic carbocycles. The number of ketones is 1. The predicted molar refractivity (Wildman–Crippen MR) is 131 cm³/mol. The normalized spacial score (nSPS) is 14.5. The van der Waals surface area contributed by atoms with Gasteiger partial charge in [0.15, 0.2) is 5.82 Å². The van der Waals surface area contributed by atoms with E-state index < -0.39 is 43.9 Å². The maximum atomic E-state index is 15.3. The third-order valence-electron chi connectivity index (χ3n) is 6.26. The van der Waals surface area contributed by atoms with E-state index >= 15 is 4.39 Å². The number of nitrogens with zero attached hydrogens (tertiary/aromatic N) is 1. The van der Waals surface area contributed by atoms with Crippen LogP contribution in [0.4, 0.5) is 14.5 Å². The number of hydrogen-bond acceptors (Lipinski definition) is 4. The van der Waals surface area contributed by atoms with Gasteiger partial charge in [-0.1, -0.05) is 36.6 Å². The summed E-state index contributed by atoms with van der Waals surface area (Å²) in [5.74, 6) is -3.27. The van der Waals surface area contributed by atoms with Gasteiger partial charge in [-0.15, -0.1) is 0 Å². The molecular formula is C25H20ClF2N3O3S. The molecule has 1 saturated carbocycles. The Hall–Kier alpha value is -3.30. The molecule has 180 valence electrons. The molecule has 0 unspecified atom stereocenters. The lowest BCUT2D eigenvalue weighted by Gasteiger charge is -2.15. The third-order valence-corrected chi connectivity index (χ3v) is 8.37. The number of carbonyl (C=O) groups excluding carboxylic acids is 1. The van der Waals surface area contributed by atoms with Crippen LogP contribution in [-0.2, 0) is 10.0 Å². The van der Waals surface area contributed by atoms with Crippen LogP contribution in [0.3, 0.4) is 0 Å². The van der Waals surface area contributed by atoms with Gasteiger partial charge in [-0.2, -0.15) is 0 Å². The first-order valence-electron chi connectivity index (χ1n) is 11.0. The second kappa shape index (κ2) is 9.05. The Balaban J connectivity index is 1.53. The number of pyridine rings is 1. The third kappa shape index (κ3) is 4.41. The van der Waals surface area contributed by atoms with Crippen molar-refractivity contribution in [2.24, 2.45) is 0 Å².